The first-order valence-electron chi connectivity index (χ1n) is 7.18. The Hall–Kier alpha value is -2.22. The fourth-order valence-corrected chi connectivity index (χ4v) is 2.77. The van der Waals surface area contributed by atoms with Crippen LogP contribution < -0.4 is 10.1 Å². The summed E-state index contributed by atoms with van der Waals surface area (Å²) in [6.07, 6.45) is 0. The third-order valence-corrected chi connectivity index (χ3v) is 3.81. The number of carbonyl (C=O) groups excluding carboxylic acids is 1. The summed E-state index contributed by atoms with van der Waals surface area (Å²) in [5.41, 5.74) is 2.16. The Morgan fingerprint density at radius 2 is 1.92 bits per heavy atom. The predicted molar refractivity (Wildman–Crippen MR) is 87.2 cm³/mol. The van der Waals surface area contributed by atoms with Gasteiger partial charge in [-0.05, 0) is 26.0 Å². The molecule has 0 unspecified atom stereocenters. The molecule has 2 rings (SSSR count). The lowest BCUT2D eigenvalue weighted by atomic mass is 10.2. The number of nitrogens with one attached hydrogen (secondary N) is 1. The molecular weight excluding hydrogens is 336 g/mol. The SMILES string of the molecule is Cc1cc(C)nc(SCC(=O)NCc2ccccc2OC(F)F)n1. The van der Waals surface area contributed by atoms with E-state index in [1.54, 1.807) is 18.2 Å². The molecule has 0 radical (unpaired) electrons. The van der Waals surface area contributed by atoms with Crippen molar-refractivity contribution in [3.8, 4) is 5.75 Å². The van der Waals surface area contributed by atoms with Crippen molar-refractivity contribution in [2.45, 2.75) is 32.2 Å². The van der Waals surface area contributed by atoms with Crippen molar-refractivity contribution in [1.82, 2.24) is 15.3 Å². The predicted octanol–water partition coefficient (Wildman–Crippen LogP) is 3.10. The minimum absolute atomic E-state index is 0.0538. The number of aryl methyl sites for hydroxylation is 2. The second kappa shape index (κ2) is 8.58. The van der Waals surface area contributed by atoms with Crippen LogP contribution in [0.4, 0.5) is 8.78 Å². The van der Waals surface area contributed by atoms with E-state index in [1.807, 2.05) is 19.9 Å². The number of alkyl halides is 2. The molecular formula is C16H17F2N3O2S. The smallest absolute Gasteiger partial charge is 0.387 e. The van der Waals surface area contributed by atoms with Crippen LogP contribution in [0.1, 0.15) is 17.0 Å². The number of hydrogen-bond donors (Lipinski definition) is 1. The van der Waals surface area contributed by atoms with Gasteiger partial charge in [-0.15, -0.1) is 0 Å². The molecule has 0 fully saturated rings. The summed E-state index contributed by atoms with van der Waals surface area (Å²) >= 11 is 1.22. The topological polar surface area (TPSA) is 64.1 Å². The Kier molecular flexibility index (Phi) is 6.48. The van der Waals surface area contributed by atoms with Crippen LogP contribution in [0.5, 0.6) is 5.75 Å². The Labute approximate surface area is 142 Å². The lowest BCUT2D eigenvalue weighted by Crippen LogP contribution is -2.25. The highest BCUT2D eigenvalue weighted by molar-refractivity contribution is 7.99. The minimum atomic E-state index is -2.90. The molecule has 1 heterocycles. The number of ether oxygens (including phenoxy) is 1. The fraction of sp³-hybridized carbons (Fsp3) is 0.312. The first-order chi connectivity index (χ1) is 11.4. The van der Waals surface area contributed by atoms with E-state index in [0.29, 0.717) is 10.7 Å². The van der Waals surface area contributed by atoms with Crippen LogP contribution in [0.2, 0.25) is 0 Å². The van der Waals surface area contributed by atoms with E-state index in [4.69, 9.17) is 0 Å². The number of hydrogen-bond acceptors (Lipinski definition) is 5. The van der Waals surface area contributed by atoms with Gasteiger partial charge in [0, 0.05) is 23.5 Å². The Morgan fingerprint density at radius 3 is 2.58 bits per heavy atom. The molecule has 0 aliphatic carbocycles. The fourth-order valence-electron chi connectivity index (χ4n) is 1.99. The number of carbonyl (C=O) groups is 1. The molecule has 2 aromatic rings. The number of thioether (sulfide) groups is 1. The monoisotopic (exact) mass is 353 g/mol. The number of para-hydroxylation sites is 1. The van der Waals surface area contributed by atoms with Gasteiger partial charge in [0.1, 0.15) is 5.75 Å². The molecule has 24 heavy (non-hydrogen) atoms. The molecule has 8 heteroatoms. The van der Waals surface area contributed by atoms with Gasteiger partial charge in [-0.2, -0.15) is 8.78 Å². The molecule has 0 spiro atoms. The summed E-state index contributed by atoms with van der Waals surface area (Å²) in [6.45, 7) is 0.923. The maximum Gasteiger partial charge on any atom is 0.387 e. The lowest BCUT2D eigenvalue weighted by Gasteiger charge is -2.11. The first-order valence-corrected chi connectivity index (χ1v) is 8.17. The summed E-state index contributed by atoms with van der Waals surface area (Å²) < 4.78 is 29.1. The van der Waals surface area contributed by atoms with E-state index >= 15 is 0 Å². The quantitative estimate of drug-likeness (QED) is 0.612. The molecule has 0 saturated heterocycles. The van der Waals surface area contributed by atoms with Gasteiger partial charge < -0.3 is 10.1 Å². The summed E-state index contributed by atoms with van der Waals surface area (Å²) in [5, 5.41) is 3.20. The Balaban J connectivity index is 1.87. The van der Waals surface area contributed by atoms with Crippen molar-refractivity contribution in [1.29, 1.82) is 0 Å². The highest BCUT2D eigenvalue weighted by atomic mass is 32.2. The average Bonchev–Trinajstić information content (AvgIpc) is 2.50. The van der Waals surface area contributed by atoms with E-state index in [9.17, 15) is 13.6 Å². The first kappa shape index (κ1) is 18.1. The maximum atomic E-state index is 12.3. The van der Waals surface area contributed by atoms with Crippen LogP contribution in [-0.2, 0) is 11.3 Å². The highest BCUT2D eigenvalue weighted by Gasteiger charge is 2.11. The maximum absolute atomic E-state index is 12.3. The zero-order valence-electron chi connectivity index (χ0n) is 13.3. The van der Waals surface area contributed by atoms with Crippen molar-refractivity contribution in [3.63, 3.8) is 0 Å². The summed E-state index contributed by atoms with van der Waals surface area (Å²) in [4.78, 5) is 20.4. The molecule has 1 amide bonds. The third-order valence-electron chi connectivity index (χ3n) is 2.96. The van der Waals surface area contributed by atoms with Crippen molar-refractivity contribution >= 4 is 17.7 Å². The molecule has 0 saturated carbocycles. The molecule has 1 aromatic carbocycles. The number of halogens is 2. The van der Waals surface area contributed by atoms with E-state index < -0.39 is 6.61 Å². The Morgan fingerprint density at radius 1 is 1.25 bits per heavy atom. The third kappa shape index (κ3) is 5.77. The van der Waals surface area contributed by atoms with Gasteiger partial charge in [0.25, 0.3) is 0 Å². The van der Waals surface area contributed by atoms with Gasteiger partial charge >= 0.3 is 6.61 Å². The van der Waals surface area contributed by atoms with Gasteiger partial charge in [0.15, 0.2) is 5.16 Å². The number of benzene rings is 1. The van der Waals surface area contributed by atoms with Crippen LogP contribution in [0.3, 0.4) is 0 Å². The van der Waals surface area contributed by atoms with E-state index in [1.165, 1.54) is 17.8 Å². The summed E-state index contributed by atoms with van der Waals surface area (Å²) in [5.74, 6) is -0.0477. The second-order valence-corrected chi connectivity index (χ2v) is 5.93. The molecule has 0 atom stereocenters. The van der Waals surface area contributed by atoms with Crippen molar-refractivity contribution in [2.75, 3.05) is 5.75 Å². The van der Waals surface area contributed by atoms with Crippen LogP contribution in [0.15, 0.2) is 35.5 Å². The average molecular weight is 353 g/mol. The van der Waals surface area contributed by atoms with Crippen molar-refractivity contribution in [2.24, 2.45) is 0 Å². The highest BCUT2D eigenvalue weighted by Crippen LogP contribution is 2.20. The van der Waals surface area contributed by atoms with Crippen LogP contribution in [0, 0.1) is 13.8 Å². The number of nitrogens with zero attached hydrogens (tertiary/aromatic N) is 2. The molecule has 0 aliphatic rings. The number of aromatic nitrogens is 2. The molecule has 1 N–H and O–H groups in total. The summed E-state index contributed by atoms with van der Waals surface area (Å²) in [7, 11) is 0. The second-order valence-electron chi connectivity index (χ2n) is 4.98. The molecule has 128 valence electrons. The largest absolute Gasteiger partial charge is 0.434 e. The lowest BCUT2D eigenvalue weighted by molar-refractivity contribution is -0.118. The zero-order chi connectivity index (χ0) is 17.5. The van der Waals surface area contributed by atoms with E-state index in [-0.39, 0.29) is 24.0 Å². The van der Waals surface area contributed by atoms with Crippen molar-refractivity contribution < 1.29 is 18.3 Å². The zero-order valence-corrected chi connectivity index (χ0v) is 14.1. The van der Waals surface area contributed by atoms with E-state index in [0.717, 1.165) is 11.4 Å². The normalized spacial score (nSPS) is 10.7. The number of rotatable bonds is 7. The molecule has 1 aromatic heterocycles. The van der Waals surface area contributed by atoms with E-state index in [2.05, 4.69) is 20.0 Å². The van der Waals surface area contributed by atoms with Gasteiger partial charge in [-0.25, -0.2) is 9.97 Å². The van der Waals surface area contributed by atoms with Crippen molar-refractivity contribution in [3.05, 3.63) is 47.3 Å². The van der Waals surface area contributed by atoms with Gasteiger partial charge in [-0.3, -0.25) is 4.79 Å². The van der Waals surface area contributed by atoms with Gasteiger partial charge in [0.05, 0.1) is 5.75 Å². The van der Waals surface area contributed by atoms with Gasteiger partial charge in [-0.1, -0.05) is 30.0 Å². The van der Waals surface area contributed by atoms with Crippen LogP contribution in [-0.4, -0.2) is 28.2 Å². The van der Waals surface area contributed by atoms with Crippen LogP contribution >= 0.6 is 11.8 Å². The standard InChI is InChI=1S/C16H17F2N3O2S/c1-10-7-11(2)21-16(20-10)24-9-14(22)19-8-12-5-3-4-6-13(12)23-15(17)18/h3-7,15H,8-9H2,1-2H3,(H,19,22). The Bertz CT molecular complexity index is 693. The summed E-state index contributed by atoms with van der Waals surface area (Å²) in [6, 6.07) is 8.20. The minimum Gasteiger partial charge on any atom is -0.434 e. The van der Waals surface area contributed by atoms with Gasteiger partial charge in [0.2, 0.25) is 5.91 Å². The number of amides is 1. The van der Waals surface area contributed by atoms with Crippen LogP contribution in [0.25, 0.3) is 0 Å². The molecule has 0 aliphatic heterocycles. The molecule has 5 nitrogen and oxygen atoms in total. The molecule has 0 bridgehead atoms.